The molecule has 1 aromatic rings. The highest BCUT2D eigenvalue weighted by atomic mass is 19.1. The summed E-state index contributed by atoms with van der Waals surface area (Å²) < 4.78 is 18.5. The van der Waals surface area contributed by atoms with Crippen LogP contribution in [-0.4, -0.2) is 23.3 Å². The molecule has 0 fully saturated rings. The molecule has 1 atom stereocenters. The van der Waals surface area contributed by atoms with Crippen LogP contribution in [0.3, 0.4) is 0 Å². The van der Waals surface area contributed by atoms with Crippen molar-refractivity contribution in [3.63, 3.8) is 0 Å². The van der Waals surface area contributed by atoms with Crippen molar-refractivity contribution in [2.75, 3.05) is 0 Å². The van der Waals surface area contributed by atoms with Gasteiger partial charge in [-0.25, -0.2) is 4.39 Å². The van der Waals surface area contributed by atoms with Gasteiger partial charge >= 0.3 is 7.12 Å². The fraction of sp³-hybridized carbons (Fsp3) is 0.200. The Morgan fingerprint density at radius 1 is 1.53 bits per heavy atom. The van der Waals surface area contributed by atoms with E-state index < -0.39 is 12.9 Å². The maximum absolute atomic E-state index is 13.2. The first-order valence-corrected chi connectivity index (χ1v) is 4.49. The molecule has 0 aliphatic heterocycles. The van der Waals surface area contributed by atoms with E-state index in [1.54, 1.807) is 13.0 Å². The molecule has 0 amide bonds. The first kappa shape index (κ1) is 11.7. The van der Waals surface area contributed by atoms with Crippen molar-refractivity contribution >= 4 is 12.6 Å². The molecule has 0 spiro atoms. The van der Waals surface area contributed by atoms with E-state index >= 15 is 0 Å². The highest BCUT2D eigenvalue weighted by Gasteiger charge is 2.16. The van der Waals surface area contributed by atoms with E-state index in [1.807, 2.05) is 0 Å². The summed E-state index contributed by atoms with van der Waals surface area (Å²) in [4.78, 5) is 0. The Morgan fingerprint density at radius 3 is 2.67 bits per heavy atom. The summed E-state index contributed by atoms with van der Waals surface area (Å²) in [6, 6.07) is 3.85. The Hall–Kier alpha value is -1.33. The topological polar surface area (TPSA) is 49.7 Å². The zero-order valence-corrected chi connectivity index (χ0v) is 8.35. The molecular formula is C10H12BFO3. The van der Waals surface area contributed by atoms with Crippen molar-refractivity contribution in [1.82, 2.24) is 0 Å². The largest absolute Gasteiger partial charge is 0.491 e. The van der Waals surface area contributed by atoms with E-state index in [4.69, 9.17) is 14.8 Å². The summed E-state index contributed by atoms with van der Waals surface area (Å²) in [5.41, 5.74) is -0.173. The molecule has 5 heteroatoms. The van der Waals surface area contributed by atoms with Crippen LogP contribution in [0, 0.1) is 5.82 Å². The molecule has 3 nitrogen and oxygen atoms in total. The molecular weight excluding hydrogens is 198 g/mol. The van der Waals surface area contributed by atoms with Crippen LogP contribution in [-0.2, 0) is 0 Å². The fourth-order valence-electron chi connectivity index (χ4n) is 1.05. The van der Waals surface area contributed by atoms with Crippen molar-refractivity contribution in [2.24, 2.45) is 0 Å². The molecule has 2 N–H and O–H groups in total. The van der Waals surface area contributed by atoms with Crippen molar-refractivity contribution in [1.29, 1.82) is 0 Å². The van der Waals surface area contributed by atoms with Crippen molar-refractivity contribution in [3.8, 4) is 5.75 Å². The van der Waals surface area contributed by atoms with Gasteiger partial charge in [0.15, 0.2) is 0 Å². The molecule has 15 heavy (non-hydrogen) atoms. The Balaban J connectivity index is 2.86. The smallest absolute Gasteiger partial charge is 0.487 e. The second-order valence-corrected chi connectivity index (χ2v) is 3.12. The maximum atomic E-state index is 13.2. The number of benzene rings is 1. The molecule has 1 aromatic carbocycles. The van der Waals surface area contributed by atoms with Gasteiger partial charge < -0.3 is 14.8 Å². The van der Waals surface area contributed by atoms with Crippen LogP contribution in [0.1, 0.15) is 6.92 Å². The lowest BCUT2D eigenvalue weighted by Crippen LogP contribution is -2.32. The third-order valence-electron chi connectivity index (χ3n) is 1.90. The third kappa shape index (κ3) is 3.07. The molecule has 1 rings (SSSR count). The summed E-state index contributed by atoms with van der Waals surface area (Å²) in [5.74, 6) is -0.386. The van der Waals surface area contributed by atoms with E-state index in [0.29, 0.717) is 5.75 Å². The van der Waals surface area contributed by atoms with Crippen LogP contribution >= 0.6 is 0 Å². The van der Waals surface area contributed by atoms with Crippen molar-refractivity contribution < 1.29 is 19.2 Å². The Labute approximate surface area is 88.0 Å². The Kier molecular flexibility index (Phi) is 3.88. The Morgan fingerprint density at radius 2 is 2.20 bits per heavy atom. The first-order chi connectivity index (χ1) is 7.04. The predicted octanol–water partition coefficient (Wildman–Crippen LogP) is 0.459. The van der Waals surface area contributed by atoms with E-state index in [-0.39, 0.29) is 11.6 Å². The third-order valence-corrected chi connectivity index (χ3v) is 1.90. The molecule has 1 unspecified atom stereocenters. The second kappa shape index (κ2) is 4.95. The van der Waals surface area contributed by atoms with E-state index in [9.17, 15) is 4.39 Å². The van der Waals surface area contributed by atoms with Gasteiger partial charge in [0.1, 0.15) is 17.7 Å². The maximum Gasteiger partial charge on any atom is 0.491 e. The molecule has 0 radical (unpaired) electrons. The summed E-state index contributed by atoms with van der Waals surface area (Å²) in [5, 5.41) is 17.6. The number of ether oxygens (including phenoxy) is 1. The zero-order chi connectivity index (χ0) is 11.4. The quantitative estimate of drug-likeness (QED) is 0.560. The Bertz CT molecular complexity index is 355. The minimum atomic E-state index is -1.81. The molecule has 0 bridgehead atoms. The van der Waals surface area contributed by atoms with Crippen LogP contribution in [0.2, 0.25) is 0 Å². The van der Waals surface area contributed by atoms with Gasteiger partial charge in [-0.3, -0.25) is 0 Å². The van der Waals surface area contributed by atoms with Crippen molar-refractivity contribution in [2.45, 2.75) is 13.0 Å². The molecule has 0 saturated carbocycles. The average molecular weight is 210 g/mol. The summed E-state index contributed by atoms with van der Waals surface area (Å²) in [6.45, 7) is 5.29. The van der Waals surface area contributed by atoms with Crippen molar-refractivity contribution in [3.05, 3.63) is 36.7 Å². The molecule has 0 aliphatic carbocycles. The molecule has 0 heterocycles. The van der Waals surface area contributed by atoms with Crippen LogP contribution in [0.15, 0.2) is 30.9 Å². The molecule has 0 aliphatic rings. The number of rotatable bonds is 4. The monoisotopic (exact) mass is 210 g/mol. The van der Waals surface area contributed by atoms with Crippen LogP contribution < -0.4 is 10.2 Å². The molecule has 80 valence electrons. The minimum absolute atomic E-state index is 0.173. The van der Waals surface area contributed by atoms with Gasteiger partial charge in [0.05, 0.1) is 0 Å². The van der Waals surface area contributed by atoms with Crippen LogP contribution in [0.4, 0.5) is 4.39 Å². The summed E-state index contributed by atoms with van der Waals surface area (Å²) >= 11 is 0. The predicted molar refractivity (Wildman–Crippen MR) is 56.5 cm³/mol. The van der Waals surface area contributed by atoms with Gasteiger partial charge in [0.2, 0.25) is 0 Å². The minimum Gasteiger partial charge on any atom is -0.487 e. The average Bonchev–Trinajstić information content (AvgIpc) is 2.17. The molecule has 0 aromatic heterocycles. The second-order valence-electron chi connectivity index (χ2n) is 3.12. The SMILES string of the molecule is C=CC(C)Oc1ccc(B(O)O)c(F)c1. The zero-order valence-electron chi connectivity index (χ0n) is 8.35. The first-order valence-electron chi connectivity index (χ1n) is 4.49. The highest BCUT2D eigenvalue weighted by Crippen LogP contribution is 2.13. The van der Waals surface area contributed by atoms with Crippen LogP contribution in [0.5, 0.6) is 5.75 Å². The van der Waals surface area contributed by atoms with E-state index in [0.717, 1.165) is 6.07 Å². The normalized spacial score (nSPS) is 12.0. The van der Waals surface area contributed by atoms with Crippen LogP contribution in [0.25, 0.3) is 0 Å². The van der Waals surface area contributed by atoms with E-state index in [1.165, 1.54) is 12.1 Å². The lowest BCUT2D eigenvalue weighted by Gasteiger charge is -2.11. The summed E-state index contributed by atoms with van der Waals surface area (Å²) in [7, 11) is -1.81. The van der Waals surface area contributed by atoms with E-state index in [2.05, 4.69) is 6.58 Å². The fourth-order valence-corrected chi connectivity index (χ4v) is 1.05. The highest BCUT2D eigenvalue weighted by molar-refractivity contribution is 6.58. The van der Waals surface area contributed by atoms with Gasteiger partial charge in [0, 0.05) is 11.5 Å². The summed E-state index contributed by atoms with van der Waals surface area (Å²) in [6.07, 6.45) is 1.35. The van der Waals surface area contributed by atoms with Gasteiger partial charge in [0.25, 0.3) is 0 Å². The lowest BCUT2D eigenvalue weighted by atomic mass is 9.80. The standard InChI is InChI=1S/C10H12BFO3/c1-3-7(2)15-8-4-5-9(11(13)14)10(12)6-8/h3-7,13-14H,1H2,2H3. The molecule has 0 saturated heterocycles. The lowest BCUT2D eigenvalue weighted by molar-refractivity contribution is 0.269. The number of hydrogen-bond donors (Lipinski definition) is 2. The van der Waals surface area contributed by atoms with Gasteiger partial charge in [-0.05, 0) is 13.0 Å². The van der Waals surface area contributed by atoms with Gasteiger partial charge in [-0.2, -0.15) is 0 Å². The van der Waals surface area contributed by atoms with Gasteiger partial charge in [-0.15, -0.1) is 0 Å². The number of hydrogen-bond acceptors (Lipinski definition) is 3. The van der Waals surface area contributed by atoms with Gasteiger partial charge in [-0.1, -0.05) is 18.7 Å². The number of halogens is 1.